The van der Waals surface area contributed by atoms with Gasteiger partial charge in [-0.05, 0) is 48.7 Å². The maximum atomic E-state index is 13.5. The van der Waals surface area contributed by atoms with Crippen LogP contribution in [-0.4, -0.2) is 18.9 Å². The number of carbonyl (C=O) groups is 2. The first-order valence-corrected chi connectivity index (χ1v) is 10.1. The smallest absolute Gasteiger partial charge is 0.282 e. The third-order valence-electron chi connectivity index (χ3n) is 5.48. The second kappa shape index (κ2) is 7.99. The summed E-state index contributed by atoms with van der Waals surface area (Å²) in [6.45, 7) is 4.07. The lowest BCUT2D eigenvalue weighted by Crippen LogP contribution is -2.34. The molecule has 0 spiro atoms. The summed E-state index contributed by atoms with van der Waals surface area (Å²) in [5, 5.41) is 0. The Morgan fingerprint density at radius 1 is 0.800 bits per heavy atom. The first kappa shape index (κ1) is 19.6. The molecule has 30 heavy (non-hydrogen) atoms. The Bertz CT molecular complexity index is 1110. The predicted octanol–water partition coefficient (Wildman–Crippen LogP) is 4.98. The number of nitrogens with zero attached hydrogens (tertiary/aromatic N) is 2. The van der Waals surface area contributed by atoms with Gasteiger partial charge in [0.2, 0.25) is 0 Å². The molecule has 1 aliphatic rings. The van der Waals surface area contributed by atoms with Gasteiger partial charge in [-0.1, -0.05) is 67.1 Å². The van der Waals surface area contributed by atoms with Crippen LogP contribution in [-0.2, 0) is 16.0 Å². The summed E-state index contributed by atoms with van der Waals surface area (Å²) in [6, 6.07) is 24.9. The van der Waals surface area contributed by atoms with E-state index in [0.717, 1.165) is 28.8 Å². The van der Waals surface area contributed by atoms with E-state index in [1.54, 1.807) is 4.90 Å². The Morgan fingerprint density at radius 3 is 2.03 bits per heavy atom. The first-order valence-electron chi connectivity index (χ1n) is 10.1. The summed E-state index contributed by atoms with van der Waals surface area (Å²) in [5.41, 5.74) is 5.24. The highest BCUT2D eigenvalue weighted by Crippen LogP contribution is 2.36. The molecule has 0 bridgehead atoms. The number of likely N-dealkylation sites (N-methyl/N-ethyl adjacent to an activating group) is 1. The van der Waals surface area contributed by atoms with Gasteiger partial charge in [-0.2, -0.15) is 0 Å². The summed E-state index contributed by atoms with van der Waals surface area (Å²) >= 11 is 0. The maximum absolute atomic E-state index is 13.5. The van der Waals surface area contributed by atoms with Crippen LogP contribution in [0.1, 0.15) is 23.6 Å². The van der Waals surface area contributed by atoms with E-state index in [2.05, 4.69) is 6.92 Å². The molecule has 1 aliphatic heterocycles. The van der Waals surface area contributed by atoms with E-state index < -0.39 is 0 Å². The van der Waals surface area contributed by atoms with Gasteiger partial charge in [0.1, 0.15) is 5.70 Å². The fourth-order valence-corrected chi connectivity index (χ4v) is 3.71. The van der Waals surface area contributed by atoms with Gasteiger partial charge in [0.25, 0.3) is 11.8 Å². The summed E-state index contributed by atoms with van der Waals surface area (Å²) in [4.78, 5) is 30.1. The van der Waals surface area contributed by atoms with Crippen molar-refractivity contribution < 1.29 is 9.59 Å². The van der Waals surface area contributed by atoms with Crippen molar-refractivity contribution in [2.45, 2.75) is 20.3 Å². The van der Waals surface area contributed by atoms with Gasteiger partial charge in [-0.15, -0.1) is 0 Å². The SMILES string of the molecule is CCc1ccc(N2C(=O)C(c3ccc(C)cc3)=C(N(C)c3ccccc3)C2=O)cc1. The quantitative estimate of drug-likeness (QED) is 0.571. The van der Waals surface area contributed by atoms with Crippen molar-refractivity contribution in [1.29, 1.82) is 0 Å². The molecule has 1 heterocycles. The van der Waals surface area contributed by atoms with Crippen molar-refractivity contribution in [3.8, 4) is 0 Å². The van der Waals surface area contributed by atoms with E-state index in [9.17, 15) is 9.59 Å². The number of aryl methyl sites for hydroxylation is 2. The van der Waals surface area contributed by atoms with Crippen molar-refractivity contribution >= 4 is 28.8 Å². The first-order chi connectivity index (χ1) is 14.5. The molecule has 0 radical (unpaired) electrons. The average Bonchev–Trinajstić information content (AvgIpc) is 3.04. The van der Waals surface area contributed by atoms with Crippen LogP contribution in [0.5, 0.6) is 0 Å². The molecule has 0 saturated carbocycles. The normalized spacial score (nSPS) is 13.9. The minimum Gasteiger partial charge on any atom is -0.339 e. The van der Waals surface area contributed by atoms with Crippen molar-refractivity contribution in [2.24, 2.45) is 0 Å². The Balaban J connectivity index is 1.84. The lowest BCUT2D eigenvalue weighted by molar-refractivity contribution is -0.120. The highest BCUT2D eigenvalue weighted by molar-refractivity contribution is 6.46. The molecule has 4 heteroatoms. The van der Waals surface area contributed by atoms with Crippen molar-refractivity contribution in [3.05, 3.63) is 101 Å². The van der Waals surface area contributed by atoms with E-state index >= 15 is 0 Å². The molecule has 0 aliphatic carbocycles. The molecule has 4 nitrogen and oxygen atoms in total. The summed E-state index contributed by atoms with van der Waals surface area (Å²) in [7, 11) is 1.83. The molecule has 0 aromatic heterocycles. The zero-order valence-corrected chi connectivity index (χ0v) is 17.4. The molecule has 4 rings (SSSR count). The van der Waals surface area contributed by atoms with Gasteiger partial charge in [0.15, 0.2) is 0 Å². The summed E-state index contributed by atoms with van der Waals surface area (Å²) < 4.78 is 0. The van der Waals surface area contributed by atoms with Crippen molar-refractivity contribution in [3.63, 3.8) is 0 Å². The number of carbonyl (C=O) groups excluding carboxylic acids is 2. The van der Waals surface area contributed by atoms with Crippen LogP contribution in [0.4, 0.5) is 11.4 Å². The number of benzene rings is 3. The Morgan fingerprint density at radius 2 is 1.43 bits per heavy atom. The van der Waals surface area contributed by atoms with E-state index in [4.69, 9.17) is 0 Å². The monoisotopic (exact) mass is 396 g/mol. The molecule has 150 valence electrons. The second-order valence-electron chi connectivity index (χ2n) is 7.45. The number of rotatable bonds is 5. The largest absolute Gasteiger partial charge is 0.339 e. The molecule has 0 saturated heterocycles. The number of amides is 2. The van der Waals surface area contributed by atoms with Crippen LogP contribution in [0.15, 0.2) is 84.6 Å². The van der Waals surface area contributed by atoms with Crippen LogP contribution in [0.25, 0.3) is 5.57 Å². The van der Waals surface area contributed by atoms with Gasteiger partial charge in [0.05, 0.1) is 11.3 Å². The van der Waals surface area contributed by atoms with E-state index in [1.807, 2.05) is 92.8 Å². The van der Waals surface area contributed by atoms with Crippen LogP contribution in [0, 0.1) is 6.92 Å². The minimum atomic E-state index is -0.314. The Kier molecular flexibility index (Phi) is 5.23. The molecule has 0 N–H and O–H groups in total. The zero-order valence-electron chi connectivity index (χ0n) is 17.4. The van der Waals surface area contributed by atoms with E-state index in [0.29, 0.717) is 17.0 Å². The third-order valence-corrected chi connectivity index (χ3v) is 5.48. The fraction of sp³-hybridized carbons (Fsp3) is 0.154. The molecule has 0 unspecified atom stereocenters. The van der Waals surface area contributed by atoms with Crippen LogP contribution in [0.3, 0.4) is 0 Å². The Hall–Kier alpha value is -3.66. The average molecular weight is 396 g/mol. The van der Waals surface area contributed by atoms with Gasteiger partial charge in [-0.3, -0.25) is 9.59 Å². The molecule has 0 fully saturated rings. The van der Waals surface area contributed by atoms with E-state index in [-0.39, 0.29) is 11.8 Å². The predicted molar refractivity (Wildman–Crippen MR) is 121 cm³/mol. The number of hydrogen-bond donors (Lipinski definition) is 0. The zero-order chi connectivity index (χ0) is 21.3. The summed E-state index contributed by atoms with van der Waals surface area (Å²) in [5.74, 6) is -0.614. The summed E-state index contributed by atoms with van der Waals surface area (Å²) in [6.07, 6.45) is 0.900. The highest BCUT2D eigenvalue weighted by atomic mass is 16.2. The standard InChI is InChI=1S/C26H24N2O2/c1-4-19-12-16-22(17-13-19)28-25(29)23(20-14-10-18(2)11-15-20)24(26(28)30)27(3)21-8-6-5-7-9-21/h5-17H,4H2,1-3H3. The van der Waals surface area contributed by atoms with Gasteiger partial charge in [0, 0.05) is 12.7 Å². The van der Waals surface area contributed by atoms with E-state index in [1.165, 1.54) is 4.90 Å². The van der Waals surface area contributed by atoms with Crippen LogP contribution in [0.2, 0.25) is 0 Å². The number of imide groups is 1. The van der Waals surface area contributed by atoms with Gasteiger partial charge < -0.3 is 4.90 Å². The second-order valence-corrected chi connectivity index (χ2v) is 7.45. The van der Waals surface area contributed by atoms with Crippen molar-refractivity contribution in [1.82, 2.24) is 0 Å². The maximum Gasteiger partial charge on any atom is 0.282 e. The number of para-hydroxylation sites is 1. The van der Waals surface area contributed by atoms with Gasteiger partial charge >= 0.3 is 0 Å². The number of anilines is 2. The highest BCUT2D eigenvalue weighted by Gasteiger charge is 2.42. The molecule has 3 aromatic rings. The fourth-order valence-electron chi connectivity index (χ4n) is 3.71. The molecule has 2 amide bonds. The number of hydrogen-bond acceptors (Lipinski definition) is 3. The van der Waals surface area contributed by atoms with Gasteiger partial charge in [-0.25, -0.2) is 4.90 Å². The molecular weight excluding hydrogens is 372 g/mol. The minimum absolute atomic E-state index is 0.300. The Labute approximate surface area is 177 Å². The molecular formula is C26H24N2O2. The third kappa shape index (κ3) is 3.41. The van der Waals surface area contributed by atoms with Crippen LogP contribution < -0.4 is 9.80 Å². The van der Waals surface area contributed by atoms with Crippen molar-refractivity contribution in [2.75, 3.05) is 16.8 Å². The topological polar surface area (TPSA) is 40.6 Å². The molecule has 3 aromatic carbocycles. The lowest BCUT2D eigenvalue weighted by atomic mass is 10.0. The molecule has 0 atom stereocenters. The lowest BCUT2D eigenvalue weighted by Gasteiger charge is -2.21. The van der Waals surface area contributed by atoms with Crippen LogP contribution >= 0.6 is 0 Å².